The largest absolute Gasteiger partial charge is 0.493 e. The van der Waals surface area contributed by atoms with Gasteiger partial charge in [0.05, 0.1) is 36.6 Å². The summed E-state index contributed by atoms with van der Waals surface area (Å²) in [6.45, 7) is 0.152. The summed E-state index contributed by atoms with van der Waals surface area (Å²) in [5.41, 5.74) is 3.36. The summed E-state index contributed by atoms with van der Waals surface area (Å²) in [6.07, 6.45) is 3.52. The average Bonchev–Trinajstić information content (AvgIpc) is 3.18. The lowest BCUT2D eigenvalue weighted by atomic mass is 10.0. The van der Waals surface area contributed by atoms with Crippen molar-refractivity contribution in [3.8, 4) is 11.5 Å². The molecule has 0 aliphatic carbocycles. The van der Waals surface area contributed by atoms with E-state index in [-0.39, 0.29) is 24.1 Å². The molecule has 0 spiro atoms. The van der Waals surface area contributed by atoms with Crippen molar-refractivity contribution in [2.75, 3.05) is 20.8 Å². The van der Waals surface area contributed by atoms with Gasteiger partial charge in [-0.15, -0.1) is 0 Å². The minimum absolute atomic E-state index is 0.152. The fraction of sp³-hybridized carbons (Fsp3) is 0.133. The number of imide groups is 1. The van der Waals surface area contributed by atoms with Gasteiger partial charge in [-0.05, 0) is 66.2 Å². The van der Waals surface area contributed by atoms with Crippen molar-refractivity contribution in [3.05, 3.63) is 105 Å². The van der Waals surface area contributed by atoms with E-state index in [1.807, 2.05) is 24.3 Å². The second-order valence-electron chi connectivity index (χ2n) is 8.69. The van der Waals surface area contributed by atoms with Gasteiger partial charge < -0.3 is 9.47 Å². The smallest absolute Gasteiger partial charge is 0.261 e. The molecule has 2 heterocycles. The van der Waals surface area contributed by atoms with Crippen molar-refractivity contribution >= 4 is 50.5 Å². The van der Waals surface area contributed by atoms with E-state index < -0.39 is 0 Å². The van der Waals surface area contributed by atoms with Gasteiger partial charge in [0, 0.05) is 34.5 Å². The van der Waals surface area contributed by atoms with Gasteiger partial charge in [0.1, 0.15) is 0 Å². The topological polar surface area (TPSA) is 85.8 Å². The molecule has 1 aliphatic heterocycles. The average molecular weight is 571 g/mol. The van der Waals surface area contributed by atoms with Crippen molar-refractivity contribution in [2.24, 2.45) is 0 Å². The van der Waals surface area contributed by atoms with Gasteiger partial charge in [0.15, 0.2) is 17.3 Å². The summed E-state index contributed by atoms with van der Waals surface area (Å²) in [4.78, 5) is 44.6. The quantitative estimate of drug-likeness (QED) is 0.152. The number of ether oxygens (including phenoxy) is 2. The summed E-state index contributed by atoms with van der Waals surface area (Å²) in [6, 6.07) is 19.4. The van der Waals surface area contributed by atoms with E-state index in [0.717, 1.165) is 9.86 Å². The summed E-state index contributed by atoms with van der Waals surface area (Å²) in [7, 11) is 3.11. The van der Waals surface area contributed by atoms with Crippen molar-refractivity contribution in [1.29, 1.82) is 0 Å². The Morgan fingerprint density at radius 2 is 1.55 bits per heavy atom. The highest BCUT2D eigenvalue weighted by Crippen LogP contribution is 2.33. The van der Waals surface area contributed by atoms with Crippen LogP contribution in [-0.2, 0) is 6.42 Å². The number of carbonyl (C=O) groups excluding carboxylic acids is 3. The van der Waals surface area contributed by atoms with Crippen LogP contribution in [0.2, 0.25) is 0 Å². The number of allylic oxidation sites excluding steroid dienone is 1. The molecular weight excluding hydrogens is 548 g/mol. The molecule has 1 aliphatic rings. The summed E-state index contributed by atoms with van der Waals surface area (Å²) in [5.74, 6) is 0.297. The SMILES string of the molecule is COc1cc2cc(/C=C/C(=O)c3ccc(Br)cc3)c(CCN3C(=O)c4ccccc4C3=O)nc2cc1OC. The van der Waals surface area contributed by atoms with Crippen molar-refractivity contribution in [3.63, 3.8) is 0 Å². The Morgan fingerprint density at radius 1 is 0.921 bits per heavy atom. The zero-order valence-electron chi connectivity index (χ0n) is 20.7. The Hall–Kier alpha value is -4.30. The van der Waals surface area contributed by atoms with E-state index in [9.17, 15) is 14.4 Å². The maximum absolute atomic E-state index is 12.9. The van der Waals surface area contributed by atoms with Gasteiger partial charge in [-0.1, -0.05) is 28.1 Å². The molecule has 0 N–H and O–H groups in total. The van der Waals surface area contributed by atoms with Gasteiger partial charge >= 0.3 is 0 Å². The van der Waals surface area contributed by atoms with Crippen LogP contribution in [0.25, 0.3) is 17.0 Å². The van der Waals surface area contributed by atoms with Crippen LogP contribution < -0.4 is 9.47 Å². The highest BCUT2D eigenvalue weighted by atomic mass is 79.9. The standard InChI is InChI=1S/C30H23BrN2O5/c1-37-27-16-20-15-19(9-12-26(34)18-7-10-21(31)11-8-18)24(32-25(20)17-28(27)38-2)13-14-33-29(35)22-5-3-4-6-23(22)30(33)36/h3-12,15-17H,13-14H2,1-2H3/b12-9+. The van der Waals surface area contributed by atoms with Crippen LogP contribution in [0.15, 0.2) is 77.3 Å². The first-order valence-corrected chi connectivity index (χ1v) is 12.7. The molecule has 4 aromatic rings. The number of pyridine rings is 1. The lowest BCUT2D eigenvalue weighted by Crippen LogP contribution is -2.32. The minimum atomic E-state index is -0.319. The van der Waals surface area contributed by atoms with E-state index in [1.165, 1.54) is 11.0 Å². The van der Waals surface area contributed by atoms with E-state index in [4.69, 9.17) is 14.5 Å². The second kappa shape index (κ2) is 10.6. The number of nitrogens with zero attached hydrogens (tertiary/aromatic N) is 2. The highest BCUT2D eigenvalue weighted by molar-refractivity contribution is 9.10. The molecule has 190 valence electrons. The number of halogens is 1. The maximum Gasteiger partial charge on any atom is 0.261 e. The molecule has 5 rings (SSSR count). The molecule has 1 aromatic heterocycles. The number of fused-ring (bicyclic) bond motifs is 2. The second-order valence-corrected chi connectivity index (χ2v) is 9.60. The molecule has 38 heavy (non-hydrogen) atoms. The number of ketones is 1. The molecule has 0 unspecified atom stereocenters. The Balaban J connectivity index is 1.50. The van der Waals surface area contributed by atoms with E-state index in [1.54, 1.807) is 62.8 Å². The molecule has 0 saturated carbocycles. The Morgan fingerprint density at radius 3 is 2.18 bits per heavy atom. The first-order chi connectivity index (χ1) is 18.4. The molecule has 8 heteroatoms. The molecule has 0 saturated heterocycles. The van der Waals surface area contributed by atoms with E-state index in [2.05, 4.69) is 15.9 Å². The first kappa shape index (κ1) is 25.4. The molecule has 0 fully saturated rings. The predicted molar refractivity (Wildman–Crippen MR) is 148 cm³/mol. The number of rotatable bonds is 8. The third-order valence-electron chi connectivity index (χ3n) is 6.43. The van der Waals surface area contributed by atoms with Crippen LogP contribution >= 0.6 is 15.9 Å². The van der Waals surface area contributed by atoms with Crippen LogP contribution in [0.1, 0.15) is 42.3 Å². The van der Waals surface area contributed by atoms with Gasteiger partial charge in [-0.3, -0.25) is 24.3 Å². The monoisotopic (exact) mass is 570 g/mol. The molecule has 3 aromatic carbocycles. The normalized spacial score (nSPS) is 12.9. The highest BCUT2D eigenvalue weighted by Gasteiger charge is 2.34. The summed E-state index contributed by atoms with van der Waals surface area (Å²) >= 11 is 3.38. The van der Waals surface area contributed by atoms with Crippen LogP contribution in [-0.4, -0.2) is 48.2 Å². The summed E-state index contributed by atoms with van der Waals surface area (Å²) in [5, 5.41) is 0.794. The number of carbonyl (C=O) groups is 3. The zero-order valence-corrected chi connectivity index (χ0v) is 22.3. The van der Waals surface area contributed by atoms with Crippen molar-refractivity contribution < 1.29 is 23.9 Å². The number of hydrogen-bond donors (Lipinski definition) is 0. The number of amides is 2. The van der Waals surface area contributed by atoms with Crippen molar-refractivity contribution in [2.45, 2.75) is 6.42 Å². The fourth-order valence-corrected chi connectivity index (χ4v) is 4.70. The summed E-state index contributed by atoms with van der Waals surface area (Å²) < 4.78 is 11.8. The Labute approximate surface area is 227 Å². The van der Waals surface area contributed by atoms with Crippen LogP contribution in [0, 0.1) is 0 Å². The molecule has 7 nitrogen and oxygen atoms in total. The number of hydrogen-bond acceptors (Lipinski definition) is 6. The molecular formula is C30H23BrN2O5. The zero-order chi connectivity index (χ0) is 26.8. The van der Waals surface area contributed by atoms with Crippen LogP contribution in [0.3, 0.4) is 0 Å². The molecule has 0 radical (unpaired) electrons. The third-order valence-corrected chi connectivity index (χ3v) is 6.95. The number of aromatic nitrogens is 1. The fourth-order valence-electron chi connectivity index (χ4n) is 4.44. The first-order valence-electron chi connectivity index (χ1n) is 11.9. The van der Waals surface area contributed by atoms with Gasteiger partial charge in [0.25, 0.3) is 11.8 Å². The van der Waals surface area contributed by atoms with Crippen molar-refractivity contribution in [1.82, 2.24) is 9.88 Å². The van der Waals surface area contributed by atoms with Gasteiger partial charge in [-0.2, -0.15) is 0 Å². The van der Waals surface area contributed by atoms with Gasteiger partial charge in [-0.25, -0.2) is 0 Å². The lowest BCUT2D eigenvalue weighted by molar-refractivity contribution is 0.0655. The third kappa shape index (κ3) is 4.82. The predicted octanol–water partition coefficient (Wildman–Crippen LogP) is 5.75. The maximum atomic E-state index is 12.9. The molecule has 0 atom stereocenters. The lowest BCUT2D eigenvalue weighted by Gasteiger charge is -2.16. The minimum Gasteiger partial charge on any atom is -0.493 e. The molecule has 2 amide bonds. The number of methoxy groups -OCH3 is 2. The number of benzene rings is 3. The van der Waals surface area contributed by atoms with E-state index >= 15 is 0 Å². The van der Waals surface area contributed by atoms with E-state index in [0.29, 0.717) is 51.4 Å². The Kier molecular flexibility index (Phi) is 7.07. The Bertz CT molecular complexity index is 1580. The van der Waals surface area contributed by atoms with Crippen LogP contribution in [0.4, 0.5) is 0 Å². The van der Waals surface area contributed by atoms with Crippen LogP contribution in [0.5, 0.6) is 11.5 Å². The van der Waals surface area contributed by atoms with Gasteiger partial charge in [0.2, 0.25) is 0 Å². The molecule has 0 bridgehead atoms.